The second-order valence-electron chi connectivity index (χ2n) is 7.39. The molecule has 0 spiro atoms. The Morgan fingerprint density at radius 1 is 0.788 bits per heavy atom. The van der Waals surface area contributed by atoms with Crippen LogP contribution in [-0.4, -0.2) is 67.7 Å². The molecule has 2 unspecified atom stereocenters. The first-order valence-electron chi connectivity index (χ1n) is 10.2. The molecule has 2 aromatic rings. The number of carbonyl (C=O) groups excluding carboxylic acids is 4. The molecule has 1 N–H and O–H groups in total. The number of hydrogen-bond donors (Lipinski definition) is 0. The number of cyclic esters (lactones) is 4. The van der Waals surface area contributed by atoms with Gasteiger partial charge in [0, 0.05) is 0 Å². The van der Waals surface area contributed by atoms with E-state index in [-0.39, 0.29) is 26.4 Å². The minimum Gasteiger partial charge on any atom is -0.458 e. The smallest absolute Gasteiger partial charge is 0.458 e. The molecule has 33 heavy (non-hydrogen) atoms. The van der Waals surface area contributed by atoms with Gasteiger partial charge in [0.25, 0.3) is 6.10 Å². The molecule has 0 saturated carbocycles. The highest BCUT2D eigenvalue weighted by Gasteiger charge is 2.36. The quantitative estimate of drug-likeness (QED) is 0.332. The third-order valence-electron chi connectivity index (χ3n) is 4.90. The number of esters is 2. The molecule has 0 radical (unpaired) electrons. The van der Waals surface area contributed by atoms with E-state index in [2.05, 4.69) is 4.74 Å². The van der Waals surface area contributed by atoms with Crippen molar-refractivity contribution in [3.63, 3.8) is 0 Å². The lowest BCUT2D eigenvalue weighted by Crippen LogP contribution is -2.21. The summed E-state index contributed by atoms with van der Waals surface area (Å²) in [5, 5.41) is 0. The van der Waals surface area contributed by atoms with Gasteiger partial charge in [-0.1, -0.05) is 24.3 Å². The van der Waals surface area contributed by atoms with E-state index in [4.69, 9.17) is 28.5 Å². The fraction of sp³-hybridized carbons (Fsp3) is 0.304. The van der Waals surface area contributed by atoms with Crippen molar-refractivity contribution in [2.45, 2.75) is 18.6 Å². The maximum Gasteiger partial charge on any atom is 0.713 e. The van der Waals surface area contributed by atoms with Gasteiger partial charge in [-0.25, -0.2) is 14.4 Å². The van der Waals surface area contributed by atoms with Gasteiger partial charge in [-0.2, -0.15) is 0 Å². The second kappa shape index (κ2) is 10.0. The summed E-state index contributed by atoms with van der Waals surface area (Å²) in [5.74, 6) is -1.02. The van der Waals surface area contributed by atoms with Gasteiger partial charge in [-0.05, 0) is 41.8 Å². The van der Waals surface area contributed by atoms with Crippen molar-refractivity contribution >= 4 is 24.2 Å². The molecule has 0 aromatic heterocycles. The van der Waals surface area contributed by atoms with Gasteiger partial charge in [0.1, 0.15) is 13.2 Å². The van der Waals surface area contributed by atoms with Gasteiger partial charge in [0.05, 0.1) is 11.1 Å². The first-order chi connectivity index (χ1) is 16.0. The van der Waals surface area contributed by atoms with Crippen molar-refractivity contribution in [2.24, 2.45) is 0 Å². The number of ether oxygens (including phenoxy) is 6. The van der Waals surface area contributed by atoms with E-state index in [1.807, 2.05) is 24.3 Å². The molecule has 0 amide bonds. The van der Waals surface area contributed by atoms with Crippen molar-refractivity contribution < 1.29 is 47.6 Å². The van der Waals surface area contributed by atoms with Gasteiger partial charge >= 0.3 is 24.2 Å². The van der Waals surface area contributed by atoms with Crippen LogP contribution in [0.1, 0.15) is 31.8 Å². The first kappa shape index (κ1) is 22.1. The van der Waals surface area contributed by atoms with Crippen molar-refractivity contribution in [3.8, 4) is 0 Å². The molecule has 4 rings (SSSR count). The second-order valence-corrected chi connectivity index (χ2v) is 7.39. The molecule has 2 aliphatic heterocycles. The number of carbonyl (C=O) groups is 3. The zero-order valence-electron chi connectivity index (χ0n) is 17.4. The van der Waals surface area contributed by atoms with E-state index in [0.29, 0.717) is 17.5 Å². The first-order valence-corrected chi connectivity index (χ1v) is 10.2. The van der Waals surface area contributed by atoms with E-state index in [1.165, 1.54) is 0 Å². The minimum atomic E-state index is -0.765. The highest BCUT2D eigenvalue weighted by atomic mass is 16.8. The molecule has 0 aliphatic carbocycles. The van der Waals surface area contributed by atoms with Gasteiger partial charge in [0.15, 0.2) is 12.7 Å². The van der Waals surface area contributed by atoms with Crippen LogP contribution in [0.2, 0.25) is 0 Å². The van der Waals surface area contributed by atoms with Crippen LogP contribution in [0, 0.1) is 0 Å². The van der Waals surface area contributed by atoms with E-state index < -0.39 is 36.5 Å². The maximum atomic E-state index is 12.1. The zero-order chi connectivity index (χ0) is 23.2. The Morgan fingerprint density at radius 3 is 1.70 bits per heavy atom. The van der Waals surface area contributed by atoms with Crippen molar-refractivity contribution in [1.29, 1.82) is 0 Å². The number of rotatable bonds is 8. The molecule has 2 atom stereocenters. The van der Waals surface area contributed by atoms with E-state index in [1.54, 1.807) is 24.3 Å². The maximum absolute atomic E-state index is 12.1. The van der Waals surface area contributed by atoms with Crippen molar-refractivity contribution in [2.75, 3.05) is 26.4 Å². The number of benzene rings is 2. The Morgan fingerprint density at radius 2 is 1.27 bits per heavy atom. The van der Waals surface area contributed by atoms with Crippen molar-refractivity contribution in [3.05, 3.63) is 70.8 Å². The minimum absolute atomic E-state index is 0.0288. The van der Waals surface area contributed by atoms with Crippen LogP contribution in [0.4, 0.5) is 4.79 Å². The van der Waals surface area contributed by atoms with Gasteiger partial charge in [0.2, 0.25) is 6.61 Å². The molecular weight excluding hydrogens is 436 g/mol. The van der Waals surface area contributed by atoms with E-state index in [9.17, 15) is 14.4 Å². The molecule has 2 heterocycles. The average molecular weight is 457 g/mol. The Balaban J connectivity index is 1.24. The summed E-state index contributed by atoms with van der Waals surface area (Å²) in [5.41, 5.74) is 2.71. The lowest BCUT2D eigenvalue weighted by Gasteiger charge is -2.09. The molecule has 10 heteroatoms. The van der Waals surface area contributed by atoms with Crippen LogP contribution in [-0.2, 0) is 34.8 Å². The van der Waals surface area contributed by atoms with Gasteiger partial charge < -0.3 is 33.2 Å². The third kappa shape index (κ3) is 6.00. The fourth-order valence-corrected chi connectivity index (χ4v) is 3.16. The predicted octanol–water partition coefficient (Wildman–Crippen LogP) is 2.00. The SMILES string of the molecule is O=C1OCC(COC(=O)c2ccc(Cc3ccc(C(=O)OCC4COC(=[OH+])O4)cc3)cc2)O1. The molecule has 2 saturated heterocycles. The molecular formula is C23H21O10+. The monoisotopic (exact) mass is 457 g/mol. The van der Waals surface area contributed by atoms with Crippen LogP contribution in [0.3, 0.4) is 0 Å². The lowest BCUT2D eigenvalue weighted by atomic mass is 10.0. The summed E-state index contributed by atoms with van der Waals surface area (Å²) in [6, 6.07) is 13.9. The largest absolute Gasteiger partial charge is 0.713 e. The molecule has 2 aromatic carbocycles. The summed E-state index contributed by atoms with van der Waals surface area (Å²) >= 11 is 0. The summed E-state index contributed by atoms with van der Waals surface area (Å²) in [6.45, 7) is 0.0940. The molecule has 2 aliphatic rings. The predicted molar refractivity (Wildman–Crippen MR) is 110 cm³/mol. The standard InChI is InChI=1S/C23H20O10/c24-20(28-10-18-12-30-22(26)32-18)16-5-1-14(2-6-16)9-15-3-7-17(8-4-15)21(25)29-11-19-13-31-23(27)33-19/h1-8,18-19H,9-13H2/p+1. The summed E-state index contributed by atoms with van der Waals surface area (Å²) in [7, 11) is 0. The Kier molecular flexibility index (Phi) is 6.72. The Hall–Kier alpha value is -4.08. The van der Waals surface area contributed by atoms with Crippen LogP contribution >= 0.6 is 0 Å². The topological polar surface area (TPSA) is 128 Å². The number of hydrogen-bond acceptors (Lipinski definition) is 9. The fourth-order valence-electron chi connectivity index (χ4n) is 3.16. The van der Waals surface area contributed by atoms with E-state index in [0.717, 1.165) is 11.1 Å². The molecule has 2 fully saturated rings. The molecule has 172 valence electrons. The van der Waals surface area contributed by atoms with Crippen molar-refractivity contribution in [1.82, 2.24) is 0 Å². The van der Waals surface area contributed by atoms with Crippen LogP contribution in [0.25, 0.3) is 0 Å². The molecule has 10 nitrogen and oxygen atoms in total. The van der Waals surface area contributed by atoms with Gasteiger partial charge in [-0.15, -0.1) is 0 Å². The van der Waals surface area contributed by atoms with Crippen LogP contribution in [0.5, 0.6) is 0 Å². The highest BCUT2D eigenvalue weighted by molar-refractivity contribution is 5.90. The summed E-state index contributed by atoms with van der Waals surface area (Å²) in [6.07, 6.45) is -1.79. The zero-order valence-corrected chi connectivity index (χ0v) is 17.4. The Labute approximate surface area is 188 Å². The average Bonchev–Trinajstić information content (AvgIpc) is 3.44. The Bertz CT molecular complexity index is 945. The molecule has 0 bridgehead atoms. The summed E-state index contributed by atoms with van der Waals surface area (Å²) < 4.78 is 29.4. The normalized spacial score (nSPS) is 19.2. The van der Waals surface area contributed by atoms with E-state index >= 15 is 0 Å². The van der Waals surface area contributed by atoms with Crippen LogP contribution in [0.15, 0.2) is 48.5 Å². The third-order valence-corrected chi connectivity index (χ3v) is 4.90. The van der Waals surface area contributed by atoms with Crippen LogP contribution < -0.4 is 0 Å². The highest BCUT2D eigenvalue weighted by Crippen LogP contribution is 2.15. The van der Waals surface area contributed by atoms with Gasteiger partial charge in [-0.3, -0.25) is 0 Å². The lowest BCUT2D eigenvalue weighted by molar-refractivity contribution is 0.0299. The summed E-state index contributed by atoms with van der Waals surface area (Å²) in [4.78, 5) is 44.2.